The van der Waals surface area contributed by atoms with Gasteiger partial charge in [0.2, 0.25) is 0 Å². The highest BCUT2D eigenvalue weighted by molar-refractivity contribution is 6.12. The lowest BCUT2D eigenvalue weighted by atomic mass is 9.83. The molecule has 0 bridgehead atoms. The van der Waals surface area contributed by atoms with Crippen molar-refractivity contribution in [3.8, 4) is 0 Å². The smallest absolute Gasteiger partial charge is 0.185 e. The average molecular weight is 268 g/mol. The van der Waals surface area contributed by atoms with Gasteiger partial charge >= 0.3 is 0 Å². The van der Waals surface area contributed by atoms with Gasteiger partial charge in [-0.2, -0.15) is 0 Å². The van der Waals surface area contributed by atoms with Gasteiger partial charge in [-0.1, -0.05) is 37.6 Å². The lowest BCUT2D eigenvalue weighted by molar-refractivity contribution is 0.0859. The molecule has 1 aliphatic heterocycles. The summed E-state index contributed by atoms with van der Waals surface area (Å²) in [6.45, 7) is 3.07. The first-order valence-electron chi connectivity index (χ1n) is 7.39. The number of nitrogens with zero attached hydrogens (tertiary/aromatic N) is 1. The van der Waals surface area contributed by atoms with E-state index in [1.54, 1.807) is 6.20 Å². The maximum Gasteiger partial charge on any atom is 0.185 e. The molecule has 1 saturated heterocycles. The summed E-state index contributed by atoms with van der Waals surface area (Å²) in [5.41, 5.74) is 0.381. The Morgan fingerprint density at radius 1 is 1.35 bits per heavy atom. The van der Waals surface area contributed by atoms with E-state index >= 15 is 0 Å². The third-order valence-corrected chi connectivity index (χ3v) is 4.27. The first-order chi connectivity index (χ1) is 9.77. The highest BCUT2D eigenvalue weighted by atomic mass is 16.1. The third-order valence-electron chi connectivity index (χ3n) is 4.27. The van der Waals surface area contributed by atoms with Crippen molar-refractivity contribution < 1.29 is 4.79 Å². The molecule has 104 valence electrons. The lowest BCUT2D eigenvalue weighted by Crippen LogP contribution is -2.47. The van der Waals surface area contributed by atoms with E-state index in [9.17, 15) is 4.79 Å². The van der Waals surface area contributed by atoms with Crippen LogP contribution in [0.1, 0.15) is 43.0 Å². The quantitative estimate of drug-likeness (QED) is 0.865. The highest BCUT2D eigenvalue weighted by Gasteiger charge is 2.40. The van der Waals surface area contributed by atoms with Crippen molar-refractivity contribution in [2.45, 2.75) is 38.1 Å². The van der Waals surface area contributed by atoms with Crippen molar-refractivity contribution in [3.63, 3.8) is 0 Å². The zero-order valence-corrected chi connectivity index (χ0v) is 11.9. The SMILES string of the molecule is CCCC1(C(=O)c2cncc3ccccc23)CCCN1. The molecule has 20 heavy (non-hydrogen) atoms. The summed E-state index contributed by atoms with van der Waals surface area (Å²) in [6.07, 6.45) is 7.46. The Balaban J connectivity index is 2.08. The maximum absolute atomic E-state index is 13.1. The number of carbonyl (C=O) groups excluding carboxylic acids is 1. The molecule has 1 unspecified atom stereocenters. The summed E-state index contributed by atoms with van der Waals surface area (Å²) < 4.78 is 0. The predicted octanol–water partition coefficient (Wildman–Crippen LogP) is 3.34. The molecular formula is C17H20N2O. The van der Waals surface area contributed by atoms with Crippen molar-refractivity contribution in [2.24, 2.45) is 0 Å². The van der Waals surface area contributed by atoms with Crippen LogP contribution in [0.5, 0.6) is 0 Å². The van der Waals surface area contributed by atoms with E-state index in [0.29, 0.717) is 0 Å². The van der Waals surface area contributed by atoms with Crippen molar-refractivity contribution in [2.75, 3.05) is 6.54 Å². The molecule has 0 amide bonds. The molecule has 3 rings (SSSR count). The molecule has 2 heterocycles. The van der Waals surface area contributed by atoms with Gasteiger partial charge in [-0.25, -0.2) is 0 Å². The molecule has 2 aromatic rings. The van der Waals surface area contributed by atoms with Crippen LogP contribution in [0.2, 0.25) is 0 Å². The van der Waals surface area contributed by atoms with Gasteiger partial charge in [0, 0.05) is 23.3 Å². The second-order valence-electron chi connectivity index (χ2n) is 5.60. The minimum absolute atomic E-state index is 0.209. The minimum Gasteiger partial charge on any atom is -0.305 e. The molecule has 3 nitrogen and oxygen atoms in total. The van der Waals surface area contributed by atoms with Gasteiger partial charge in [0.15, 0.2) is 5.78 Å². The Labute approximate surface area is 119 Å². The molecule has 1 aliphatic rings. The molecule has 1 N–H and O–H groups in total. The Morgan fingerprint density at radius 2 is 2.20 bits per heavy atom. The average Bonchev–Trinajstić information content (AvgIpc) is 2.96. The monoisotopic (exact) mass is 268 g/mol. The van der Waals surface area contributed by atoms with E-state index < -0.39 is 0 Å². The molecule has 0 radical (unpaired) electrons. The number of nitrogens with one attached hydrogen (secondary N) is 1. The Hall–Kier alpha value is -1.74. The molecule has 1 atom stereocenters. The fourth-order valence-corrected chi connectivity index (χ4v) is 3.31. The van der Waals surface area contributed by atoms with Crippen LogP contribution in [-0.2, 0) is 0 Å². The molecule has 0 saturated carbocycles. The first-order valence-corrected chi connectivity index (χ1v) is 7.39. The molecule has 0 aliphatic carbocycles. The normalized spacial score (nSPS) is 22.2. The molecular weight excluding hydrogens is 248 g/mol. The van der Waals surface area contributed by atoms with Crippen molar-refractivity contribution >= 4 is 16.6 Å². The van der Waals surface area contributed by atoms with Crippen molar-refractivity contribution in [1.82, 2.24) is 10.3 Å². The number of fused-ring (bicyclic) bond motifs is 1. The number of Topliss-reactive ketones (excluding diaryl/α,β-unsaturated/α-hetero) is 1. The van der Waals surface area contributed by atoms with Crippen LogP contribution in [0.15, 0.2) is 36.7 Å². The Bertz CT molecular complexity index is 624. The lowest BCUT2D eigenvalue weighted by Gasteiger charge is -2.28. The zero-order chi connectivity index (χ0) is 14.0. The van der Waals surface area contributed by atoms with E-state index in [1.807, 2.05) is 30.5 Å². The van der Waals surface area contributed by atoms with Crippen LogP contribution < -0.4 is 5.32 Å². The number of pyridine rings is 1. The van der Waals surface area contributed by atoms with E-state index in [2.05, 4.69) is 17.2 Å². The topological polar surface area (TPSA) is 42.0 Å². The second-order valence-corrected chi connectivity index (χ2v) is 5.60. The highest BCUT2D eigenvalue weighted by Crippen LogP contribution is 2.31. The van der Waals surface area contributed by atoms with Crippen molar-refractivity contribution in [1.29, 1.82) is 0 Å². The van der Waals surface area contributed by atoms with Gasteiger partial charge in [0.25, 0.3) is 0 Å². The fourth-order valence-electron chi connectivity index (χ4n) is 3.31. The van der Waals surface area contributed by atoms with Crippen LogP contribution >= 0.6 is 0 Å². The van der Waals surface area contributed by atoms with Crippen LogP contribution in [-0.4, -0.2) is 22.9 Å². The number of aromatic nitrogens is 1. The van der Waals surface area contributed by atoms with E-state index in [4.69, 9.17) is 0 Å². The number of carbonyl (C=O) groups is 1. The summed E-state index contributed by atoms with van der Waals surface area (Å²) in [6, 6.07) is 7.98. The van der Waals surface area contributed by atoms with Gasteiger partial charge in [-0.05, 0) is 31.2 Å². The first kappa shape index (κ1) is 13.3. The van der Waals surface area contributed by atoms with Crippen LogP contribution in [0.3, 0.4) is 0 Å². The van der Waals surface area contributed by atoms with E-state index in [0.717, 1.165) is 48.6 Å². The fraction of sp³-hybridized carbons (Fsp3) is 0.412. The van der Waals surface area contributed by atoms with Crippen LogP contribution in [0, 0.1) is 0 Å². The van der Waals surface area contributed by atoms with Crippen molar-refractivity contribution in [3.05, 3.63) is 42.2 Å². The molecule has 1 aromatic carbocycles. The minimum atomic E-state index is -0.374. The van der Waals surface area contributed by atoms with E-state index in [-0.39, 0.29) is 11.3 Å². The zero-order valence-electron chi connectivity index (χ0n) is 11.9. The number of hydrogen-bond donors (Lipinski definition) is 1. The maximum atomic E-state index is 13.1. The standard InChI is InChI=1S/C17H20N2O/c1-2-8-17(9-5-10-19-17)16(20)15-12-18-11-13-6-3-4-7-14(13)15/h3-4,6-7,11-12,19H,2,5,8-10H2,1H3. The summed E-state index contributed by atoms with van der Waals surface area (Å²) in [4.78, 5) is 17.3. The summed E-state index contributed by atoms with van der Waals surface area (Å²) in [5, 5.41) is 5.50. The third kappa shape index (κ3) is 2.12. The summed E-state index contributed by atoms with van der Waals surface area (Å²) in [7, 11) is 0. The number of benzene rings is 1. The number of hydrogen-bond acceptors (Lipinski definition) is 3. The van der Waals surface area contributed by atoms with Crippen LogP contribution in [0.25, 0.3) is 10.8 Å². The van der Waals surface area contributed by atoms with E-state index in [1.165, 1.54) is 0 Å². The van der Waals surface area contributed by atoms with Crippen LogP contribution in [0.4, 0.5) is 0 Å². The summed E-state index contributed by atoms with van der Waals surface area (Å²) >= 11 is 0. The van der Waals surface area contributed by atoms with Gasteiger partial charge < -0.3 is 5.32 Å². The Kier molecular flexibility index (Phi) is 3.53. The number of ketones is 1. The molecule has 0 spiro atoms. The molecule has 3 heteroatoms. The van der Waals surface area contributed by atoms with Gasteiger partial charge in [0.05, 0.1) is 5.54 Å². The summed E-state index contributed by atoms with van der Waals surface area (Å²) in [5.74, 6) is 0.209. The molecule has 1 fully saturated rings. The number of rotatable bonds is 4. The van der Waals surface area contributed by atoms with Gasteiger partial charge in [0.1, 0.15) is 0 Å². The van der Waals surface area contributed by atoms with Gasteiger partial charge in [-0.15, -0.1) is 0 Å². The largest absolute Gasteiger partial charge is 0.305 e. The predicted molar refractivity (Wildman–Crippen MR) is 80.9 cm³/mol. The second kappa shape index (κ2) is 5.33. The van der Waals surface area contributed by atoms with Gasteiger partial charge in [-0.3, -0.25) is 9.78 Å². The molecule has 1 aromatic heterocycles. The Morgan fingerprint density at radius 3 is 2.95 bits per heavy atom.